The van der Waals surface area contributed by atoms with Crippen LogP contribution in [0.15, 0.2) is 12.1 Å². The number of aliphatic carboxylic acids is 1. The maximum Gasteiger partial charge on any atom is 0.311 e. The fourth-order valence-electron chi connectivity index (χ4n) is 2.32. The molecule has 2 heterocycles. The predicted molar refractivity (Wildman–Crippen MR) is 76.7 cm³/mol. The summed E-state index contributed by atoms with van der Waals surface area (Å²) in [6.45, 7) is 2.34. The molecular formula is C13H14Cl2N2O4. The topological polar surface area (TPSA) is 79.7 Å². The molecule has 0 aromatic carbocycles. The minimum Gasteiger partial charge on any atom is -0.481 e. The quantitative estimate of drug-likeness (QED) is 0.852. The SMILES string of the molecule is CCN(C(=O)c1nc(Cl)ccc1Cl)C1COCC1C(=O)O. The fraction of sp³-hybridized carbons (Fsp3) is 0.462. The summed E-state index contributed by atoms with van der Waals surface area (Å²) in [4.78, 5) is 29.2. The number of pyridine rings is 1. The van der Waals surface area contributed by atoms with E-state index in [4.69, 9.17) is 27.9 Å². The smallest absolute Gasteiger partial charge is 0.311 e. The number of amides is 1. The van der Waals surface area contributed by atoms with Gasteiger partial charge in [-0.2, -0.15) is 0 Å². The molecule has 0 bridgehead atoms. The lowest BCUT2D eigenvalue weighted by Crippen LogP contribution is -2.46. The van der Waals surface area contributed by atoms with Crippen molar-refractivity contribution < 1.29 is 19.4 Å². The van der Waals surface area contributed by atoms with E-state index >= 15 is 0 Å². The molecule has 1 saturated heterocycles. The van der Waals surface area contributed by atoms with Gasteiger partial charge < -0.3 is 14.7 Å². The second-order valence-corrected chi connectivity index (χ2v) is 5.40. The summed E-state index contributed by atoms with van der Waals surface area (Å²) in [6, 6.07) is 2.42. The van der Waals surface area contributed by atoms with Crippen molar-refractivity contribution in [1.82, 2.24) is 9.88 Å². The van der Waals surface area contributed by atoms with Crippen LogP contribution in [0.5, 0.6) is 0 Å². The van der Waals surface area contributed by atoms with Crippen LogP contribution in [-0.2, 0) is 9.53 Å². The van der Waals surface area contributed by atoms with Gasteiger partial charge in [0.15, 0.2) is 0 Å². The van der Waals surface area contributed by atoms with Crippen molar-refractivity contribution in [3.8, 4) is 0 Å². The van der Waals surface area contributed by atoms with Crippen LogP contribution in [0.4, 0.5) is 0 Å². The average molecular weight is 333 g/mol. The zero-order chi connectivity index (χ0) is 15.6. The minimum absolute atomic E-state index is 0.0158. The molecule has 1 aromatic heterocycles. The van der Waals surface area contributed by atoms with Gasteiger partial charge in [0.1, 0.15) is 16.8 Å². The first-order valence-electron chi connectivity index (χ1n) is 6.39. The molecule has 114 valence electrons. The molecule has 1 fully saturated rings. The molecule has 0 saturated carbocycles. The van der Waals surface area contributed by atoms with E-state index in [9.17, 15) is 14.7 Å². The largest absolute Gasteiger partial charge is 0.481 e. The van der Waals surface area contributed by atoms with E-state index in [1.54, 1.807) is 6.92 Å². The lowest BCUT2D eigenvalue weighted by Gasteiger charge is -2.29. The standard InChI is InChI=1S/C13H14Cl2N2O4/c1-2-17(9-6-21-5-7(9)13(19)20)12(18)11-8(14)3-4-10(15)16-11/h3-4,7,9H,2,5-6H2,1H3,(H,19,20). The average Bonchev–Trinajstić information content (AvgIpc) is 2.91. The number of carbonyl (C=O) groups excluding carboxylic acids is 1. The van der Waals surface area contributed by atoms with Gasteiger partial charge in [0, 0.05) is 6.54 Å². The zero-order valence-corrected chi connectivity index (χ0v) is 12.8. The maximum atomic E-state index is 12.6. The van der Waals surface area contributed by atoms with E-state index in [-0.39, 0.29) is 29.1 Å². The molecule has 21 heavy (non-hydrogen) atoms. The Morgan fingerprint density at radius 1 is 1.43 bits per heavy atom. The molecule has 0 spiro atoms. The van der Waals surface area contributed by atoms with Crippen LogP contribution in [0.1, 0.15) is 17.4 Å². The number of rotatable bonds is 4. The lowest BCUT2D eigenvalue weighted by molar-refractivity contribution is -0.142. The Balaban J connectivity index is 2.30. The van der Waals surface area contributed by atoms with E-state index in [1.165, 1.54) is 17.0 Å². The molecule has 8 heteroatoms. The van der Waals surface area contributed by atoms with Crippen molar-refractivity contribution in [3.63, 3.8) is 0 Å². The predicted octanol–water partition coefficient (Wildman–Crippen LogP) is 1.95. The molecule has 1 aliphatic rings. The van der Waals surface area contributed by atoms with Gasteiger partial charge in [-0.1, -0.05) is 23.2 Å². The Morgan fingerprint density at radius 2 is 2.14 bits per heavy atom. The molecular weight excluding hydrogens is 319 g/mol. The number of aromatic nitrogens is 1. The highest BCUT2D eigenvalue weighted by molar-refractivity contribution is 6.34. The zero-order valence-electron chi connectivity index (χ0n) is 11.3. The van der Waals surface area contributed by atoms with Crippen molar-refractivity contribution in [2.45, 2.75) is 13.0 Å². The van der Waals surface area contributed by atoms with Crippen molar-refractivity contribution in [2.75, 3.05) is 19.8 Å². The van der Waals surface area contributed by atoms with Crippen LogP contribution in [-0.4, -0.2) is 52.7 Å². The Bertz CT molecular complexity index is 567. The van der Waals surface area contributed by atoms with Crippen molar-refractivity contribution in [1.29, 1.82) is 0 Å². The van der Waals surface area contributed by atoms with Gasteiger partial charge in [-0.15, -0.1) is 0 Å². The van der Waals surface area contributed by atoms with Gasteiger partial charge in [-0.3, -0.25) is 9.59 Å². The third-order valence-corrected chi connectivity index (χ3v) is 3.90. The van der Waals surface area contributed by atoms with Crippen molar-refractivity contribution in [3.05, 3.63) is 28.0 Å². The van der Waals surface area contributed by atoms with Gasteiger partial charge in [-0.05, 0) is 19.1 Å². The summed E-state index contributed by atoms with van der Waals surface area (Å²) < 4.78 is 5.20. The second-order valence-electron chi connectivity index (χ2n) is 4.61. The second kappa shape index (κ2) is 6.60. The molecule has 0 aliphatic carbocycles. The van der Waals surface area contributed by atoms with Crippen molar-refractivity contribution in [2.24, 2.45) is 5.92 Å². The fourth-order valence-corrected chi connectivity index (χ4v) is 2.65. The highest BCUT2D eigenvalue weighted by Gasteiger charge is 2.40. The Hall–Kier alpha value is -1.37. The highest BCUT2D eigenvalue weighted by atomic mass is 35.5. The van der Waals surface area contributed by atoms with E-state index in [2.05, 4.69) is 4.98 Å². The van der Waals surface area contributed by atoms with E-state index < -0.39 is 23.8 Å². The van der Waals surface area contributed by atoms with Crippen LogP contribution in [0.2, 0.25) is 10.2 Å². The summed E-state index contributed by atoms with van der Waals surface area (Å²) in [5.74, 6) is -2.20. The number of likely N-dealkylation sites (N-methyl/N-ethyl adjacent to an activating group) is 1. The number of carboxylic acid groups (broad SMARTS) is 1. The normalized spacial score (nSPS) is 21.3. The number of ether oxygens (including phenoxy) is 1. The highest BCUT2D eigenvalue weighted by Crippen LogP contribution is 2.24. The number of hydrogen-bond donors (Lipinski definition) is 1. The number of nitrogens with zero attached hydrogens (tertiary/aromatic N) is 2. The van der Waals surface area contributed by atoms with Crippen LogP contribution < -0.4 is 0 Å². The maximum absolute atomic E-state index is 12.6. The monoisotopic (exact) mass is 332 g/mol. The summed E-state index contributed by atoms with van der Waals surface area (Å²) >= 11 is 11.8. The van der Waals surface area contributed by atoms with Crippen LogP contribution >= 0.6 is 23.2 Å². The third-order valence-electron chi connectivity index (χ3n) is 3.38. The van der Waals surface area contributed by atoms with Gasteiger partial charge in [0.05, 0.1) is 24.3 Å². The summed E-state index contributed by atoms with van der Waals surface area (Å²) in [6.07, 6.45) is 0. The first-order chi connectivity index (χ1) is 9.95. The molecule has 2 rings (SSSR count). The van der Waals surface area contributed by atoms with Gasteiger partial charge >= 0.3 is 5.97 Å². The molecule has 2 unspecified atom stereocenters. The molecule has 1 N–H and O–H groups in total. The third kappa shape index (κ3) is 3.28. The Morgan fingerprint density at radius 3 is 2.76 bits per heavy atom. The number of carbonyl (C=O) groups is 2. The van der Waals surface area contributed by atoms with Gasteiger partial charge in [-0.25, -0.2) is 4.98 Å². The minimum atomic E-state index is -0.992. The molecule has 1 amide bonds. The Labute approximate surface area is 131 Å². The number of halogens is 2. The number of carboxylic acids is 1. The number of hydrogen-bond acceptors (Lipinski definition) is 4. The molecule has 6 nitrogen and oxygen atoms in total. The van der Waals surface area contributed by atoms with Crippen LogP contribution in [0.25, 0.3) is 0 Å². The van der Waals surface area contributed by atoms with E-state index in [1.807, 2.05) is 0 Å². The lowest BCUT2D eigenvalue weighted by atomic mass is 10.0. The van der Waals surface area contributed by atoms with Gasteiger partial charge in [0.2, 0.25) is 0 Å². The van der Waals surface area contributed by atoms with Crippen LogP contribution in [0.3, 0.4) is 0 Å². The molecule has 1 aliphatic heterocycles. The van der Waals surface area contributed by atoms with Gasteiger partial charge in [0.25, 0.3) is 5.91 Å². The first-order valence-corrected chi connectivity index (χ1v) is 7.14. The molecule has 0 radical (unpaired) electrons. The summed E-state index contributed by atoms with van der Waals surface area (Å²) in [5, 5.41) is 9.52. The van der Waals surface area contributed by atoms with Crippen molar-refractivity contribution >= 4 is 35.1 Å². The first kappa shape index (κ1) is 16.0. The summed E-state index contributed by atoms with van der Waals surface area (Å²) in [7, 11) is 0. The van der Waals surface area contributed by atoms with E-state index in [0.717, 1.165) is 0 Å². The molecule has 1 aromatic rings. The summed E-state index contributed by atoms with van der Waals surface area (Å²) in [5.41, 5.74) is 0.0158. The molecule has 2 atom stereocenters. The van der Waals surface area contributed by atoms with E-state index in [0.29, 0.717) is 6.54 Å². The van der Waals surface area contributed by atoms with Crippen LogP contribution in [0, 0.1) is 5.92 Å². The Kier molecular flexibility index (Phi) is 5.03.